The third-order valence-corrected chi connectivity index (χ3v) is 3.07. The van der Waals surface area contributed by atoms with E-state index in [4.69, 9.17) is 0 Å². The molecule has 1 atom stereocenters. The SMILES string of the molecule is CC(C)CC(CO)Cc1nnnn1-c1ccccc1. The van der Waals surface area contributed by atoms with Gasteiger partial charge in [0, 0.05) is 13.0 Å². The van der Waals surface area contributed by atoms with E-state index in [-0.39, 0.29) is 12.5 Å². The smallest absolute Gasteiger partial charge is 0.157 e. The van der Waals surface area contributed by atoms with Gasteiger partial charge in [0.25, 0.3) is 0 Å². The highest BCUT2D eigenvalue weighted by Gasteiger charge is 2.16. The molecule has 1 aromatic heterocycles. The lowest BCUT2D eigenvalue weighted by Crippen LogP contribution is -2.16. The van der Waals surface area contributed by atoms with Crippen molar-refractivity contribution in [3.8, 4) is 5.69 Å². The van der Waals surface area contributed by atoms with E-state index in [1.54, 1.807) is 4.68 Å². The van der Waals surface area contributed by atoms with E-state index >= 15 is 0 Å². The standard InChI is InChI=1S/C14H20N4O/c1-11(2)8-12(10-19)9-14-15-16-17-18(14)13-6-4-3-5-7-13/h3-7,11-12,19H,8-10H2,1-2H3. The molecule has 2 aromatic rings. The molecule has 0 radical (unpaired) electrons. The van der Waals surface area contributed by atoms with Crippen LogP contribution < -0.4 is 0 Å². The zero-order valence-corrected chi connectivity index (χ0v) is 11.4. The van der Waals surface area contributed by atoms with Crippen LogP contribution in [0.15, 0.2) is 30.3 Å². The molecular formula is C14H20N4O. The molecule has 5 nitrogen and oxygen atoms in total. The van der Waals surface area contributed by atoms with Crippen LogP contribution in [0.5, 0.6) is 0 Å². The molecule has 1 N–H and O–H groups in total. The van der Waals surface area contributed by atoms with E-state index in [0.29, 0.717) is 12.3 Å². The quantitative estimate of drug-likeness (QED) is 0.861. The van der Waals surface area contributed by atoms with E-state index in [0.717, 1.165) is 17.9 Å². The number of hydrogen-bond acceptors (Lipinski definition) is 4. The molecule has 102 valence electrons. The number of aliphatic hydroxyl groups is 1. The van der Waals surface area contributed by atoms with Gasteiger partial charge in [-0.1, -0.05) is 32.0 Å². The Kier molecular flexibility index (Phi) is 4.63. The molecule has 1 unspecified atom stereocenters. The monoisotopic (exact) mass is 260 g/mol. The van der Waals surface area contributed by atoms with Crippen LogP contribution in [0.3, 0.4) is 0 Å². The number of aromatic nitrogens is 4. The van der Waals surface area contributed by atoms with Crippen LogP contribution in [-0.2, 0) is 6.42 Å². The van der Waals surface area contributed by atoms with Gasteiger partial charge in [-0.3, -0.25) is 0 Å². The second-order valence-corrected chi connectivity index (χ2v) is 5.22. The molecule has 1 heterocycles. The number of benzene rings is 1. The van der Waals surface area contributed by atoms with Crippen molar-refractivity contribution in [3.63, 3.8) is 0 Å². The highest BCUT2D eigenvalue weighted by molar-refractivity contribution is 5.30. The summed E-state index contributed by atoms with van der Waals surface area (Å²) in [6.45, 7) is 4.48. The maximum Gasteiger partial charge on any atom is 0.157 e. The molecule has 2 rings (SSSR count). The van der Waals surface area contributed by atoms with Gasteiger partial charge in [-0.05, 0) is 40.8 Å². The molecular weight excluding hydrogens is 240 g/mol. The average Bonchev–Trinajstić information content (AvgIpc) is 2.86. The van der Waals surface area contributed by atoms with Crippen LogP contribution >= 0.6 is 0 Å². The van der Waals surface area contributed by atoms with Crippen molar-refractivity contribution >= 4 is 0 Å². The number of aliphatic hydroxyl groups excluding tert-OH is 1. The summed E-state index contributed by atoms with van der Waals surface area (Å²) in [6.07, 6.45) is 1.66. The van der Waals surface area contributed by atoms with Crippen molar-refractivity contribution < 1.29 is 5.11 Å². The van der Waals surface area contributed by atoms with Crippen molar-refractivity contribution in [1.82, 2.24) is 20.2 Å². The first-order valence-corrected chi connectivity index (χ1v) is 6.64. The molecule has 0 aliphatic carbocycles. The molecule has 0 amide bonds. The minimum Gasteiger partial charge on any atom is -0.396 e. The molecule has 0 aliphatic heterocycles. The summed E-state index contributed by atoms with van der Waals surface area (Å²) in [6, 6.07) is 9.81. The Bertz CT molecular complexity index is 495. The van der Waals surface area contributed by atoms with Crippen molar-refractivity contribution in [3.05, 3.63) is 36.2 Å². The molecule has 0 fully saturated rings. The highest BCUT2D eigenvalue weighted by atomic mass is 16.3. The second-order valence-electron chi connectivity index (χ2n) is 5.22. The minimum atomic E-state index is 0.166. The van der Waals surface area contributed by atoms with Crippen molar-refractivity contribution in [2.45, 2.75) is 26.7 Å². The van der Waals surface area contributed by atoms with Crippen LogP contribution in [-0.4, -0.2) is 31.9 Å². The number of tetrazole rings is 1. The van der Waals surface area contributed by atoms with Gasteiger partial charge in [-0.2, -0.15) is 4.68 Å². The van der Waals surface area contributed by atoms with Crippen LogP contribution in [0.2, 0.25) is 0 Å². The Balaban J connectivity index is 2.16. The Labute approximate surface area is 113 Å². The number of nitrogens with zero attached hydrogens (tertiary/aromatic N) is 4. The number of hydrogen-bond donors (Lipinski definition) is 1. The third kappa shape index (κ3) is 3.61. The van der Waals surface area contributed by atoms with Gasteiger partial charge in [0.2, 0.25) is 0 Å². The molecule has 0 aliphatic rings. The summed E-state index contributed by atoms with van der Waals surface area (Å²) in [5.41, 5.74) is 0.948. The predicted molar refractivity (Wildman–Crippen MR) is 72.9 cm³/mol. The maximum absolute atomic E-state index is 9.46. The lowest BCUT2D eigenvalue weighted by atomic mass is 9.94. The average molecular weight is 260 g/mol. The van der Waals surface area contributed by atoms with E-state index in [1.807, 2.05) is 30.3 Å². The van der Waals surface area contributed by atoms with Crippen molar-refractivity contribution in [2.24, 2.45) is 11.8 Å². The molecule has 0 spiro atoms. The largest absolute Gasteiger partial charge is 0.396 e. The summed E-state index contributed by atoms with van der Waals surface area (Å²) in [7, 11) is 0. The third-order valence-electron chi connectivity index (χ3n) is 3.07. The highest BCUT2D eigenvalue weighted by Crippen LogP contribution is 2.17. The Morgan fingerprint density at radius 2 is 1.95 bits per heavy atom. The van der Waals surface area contributed by atoms with Gasteiger partial charge in [-0.15, -0.1) is 5.10 Å². The van der Waals surface area contributed by atoms with Crippen LogP contribution in [0, 0.1) is 11.8 Å². The Morgan fingerprint density at radius 3 is 2.58 bits per heavy atom. The van der Waals surface area contributed by atoms with Crippen LogP contribution in [0.4, 0.5) is 0 Å². The molecule has 5 heteroatoms. The van der Waals surface area contributed by atoms with Gasteiger partial charge >= 0.3 is 0 Å². The van der Waals surface area contributed by atoms with Gasteiger partial charge in [0.15, 0.2) is 5.82 Å². The Hall–Kier alpha value is -1.75. The van der Waals surface area contributed by atoms with E-state index in [1.165, 1.54) is 0 Å². The van der Waals surface area contributed by atoms with E-state index in [9.17, 15) is 5.11 Å². The maximum atomic E-state index is 9.46. The first-order valence-electron chi connectivity index (χ1n) is 6.64. The van der Waals surface area contributed by atoms with Gasteiger partial charge in [0.05, 0.1) is 5.69 Å². The fourth-order valence-electron chi connectivity index (χ4n) is 2.25. The van der Waals surface area contributed by atoms with E-state index < -0.39 is 0 Å². The predicted octanol–water partition coefficient (Wildman–Crippen LogP) is 1.86. The van der Waals surface area contributed by atoms with Crippen LogP contribution in [0.1, 0.15) is 26.1 Å². The second kappa shape index (κ2) is 6.43. The van der Waals surface area contributed by atoms with Crippen molar-refractivity contribution in [2.75, 3.05) is 6.61 Å². The molecule has 1 aromatic carbocycles. The Morgan fingerprint density at radius 1 is 1.21 bits per heavy atom. The zero-order chi connectivity index (χ0) is 13.7. The first kappa shape index (κ1) is 13.7. The normalized spacial score (nSPS) is 12.8. The summed E-state index contributed by atoms with van der Waals surface area (Å²) in [5, 5.41) is 21.3. The molecule has 0 saturated heterocycles. The lowest BCUT2D eigenvalue weighted by Gasteiger charge is -2.15. The number of rotatable bonds is 6. The topological polar surface area (TPSA) is 63.8 Å². The van der Waals surface area contributed by atoms with Crippen LogP contribution in [0.25, 0.3) is 5.69 Å². The summed E-state index contributed by atoms with van der Waals surface area (Å²) in [5.74, 6) is 1.55. The molecule has 0 saturated carbocycles. The van der Waals surface area contributed by atoms with Gasteiger partial charge in [-0.25, -0.2) is 0 Å². The molecule has 19 heavy (non-hydrogen) atoms. The molecule has 0 bridgehead atoms. The number of para-hydroxylation sites is 1. The lowest BCUT2D eigenvalue weighted by molar-refractivity contribution is 0.203. The summed E-state index contributed by atoms with van der Waals surface area (Å²) >= 11 is 0. The van der Waals surface area contributed by atoms with Crippen molar-refractivity contribution in [1.29, 1.82) is 0 Å². The van der Waals surface area contributed by atoms with E-state index in [2.05, 4.69) is 29.4 Å². The summed E-state index contributed by atoms with van der Waals surface area (Å²) in [4.78, 5) is 0. The first-order chi connectivity index (χ1) is 9.20. The summed E-state index contributed by atoms with van der Waals surface area (Å²) < 4.78 is 1.74. The zero-order valence-electron chi connectivity index (χ0n) is 11.4. The fraction of sp³-hybridized carbons (Fsp3) is 0.500. The van der Waals surface area contributed by atoms with Gasteiger partial charge in [0.1, 0.15) is 0 Å². The minimum absolute atomic E-state index is 0.166. The van der Waals surface area contributed by atoms with Gasteiger partial charge < -0.3 is 5.11 Å². The fourth-order valence-corrected chi connectivity index (χ4v) is 2.25.